The highest BCUT2D eigenvalue weighted by molar-refractivity contribution is 7.20. The molecule has 3 aromatic rings. The second-order valence-electron chi connectivity index (χ2n) is 6.96. The minimum absolute atomic E-state index is 0.0229. The number of thiophene rings is 1. The van der Waals surface area contributed by atoms with Crippen LogP contribution in [0.1, 0.15) is 52.5 Å². The molecule has 0 bridgehead atoms. The number of aromatic nitrogens is 2. The number of fused-ring (bicyclic) bond motifs is 1. The largest absolute Gasteiger partial charge is 0.321 e. The fourth-order valence-electron chi connectivity index (χ4n) is 3.71. The lowest BCUT2D eigenvalue weighted by molar-refractivity contribution is 0.103. The number of rotatable bonds is 3. The predicted molar refractivity (Wildman–Crippen MR) is 105 cm³/mol. The van der Waals surface area contributed by atoms with Crippen LogP contribution in [-0.4, -0.2) is 15.5 Å². The Labute approximate surface area is 155 Å². The van der Waals surface area contributed by atoms with Crippen molar-refractivity contribution in [2.75, 3.05) is 5.32 Å². The van der Waals surface area contributed by atoms with Gasteiger partial charge in [0, 0.05) is 11.7 Å². The van der Waals surface area contributed by atoms with Gasteiger partial charge in [0.25, 0.3) is 11.5 Å². The minimum Gasteiger partial charge on any atom is -0.321 e. The molecule has 2 aromatic heterocycles. The number of aryl methyl sites for hydroxylation is 2. The summed E-state index contributed by atoms with van der Waals surface area (Å²) in [5, 5.41) is 3.51. The maximum absolute atomic E-state index is 13.0. The molecule has 6 heteroatoms. The highest BCUT2D eigenvalue weighted by atomic mass is 32.1. The number of hydrogen-bond acceptors (Lipinski definition) is 4. The molecule has 5 nitrogen and oxygen atoms in total. The van der Waals surface area contributed by atoms with Crippen molar-refractivity contribution >= 4 is 33.1 Å². The van der Waals surface area contributed by atoms with Gasteiger partial charge >= 0.3 is 0 Å². The van der Waals surface area contributed by atoms with E-state index in [-0.39, 0.29) is 17.5 Å². The van der Waals surface area contributed by atoms with Crippen LogP contribution >= 0.6 is 11.3 Å². The lowest BCUT2D eigenvalue weighted by Gasteiger charge is -2.12. The van der Waals surface area contributed by atoms with Gasteiger partial charge < -0.3 is 5.32 Å². The van der Waals surface area contributed by atoms with Crippen molar-refractivity contribution in [2.24, 2.45) is 0 Å². The van der Waals surface area contributed by atoms with E-state index in [0.29, 0.717) is 15.1 Å². The third-order valence-corrected chi connectivity index (χ3v) is 6.27. The predicted octanol–water partition coefficient (Wildman–Crippen LogP) is 4.44. The fraction of sp³-hybridized carbons (Fsp3) is 0.350. The van der Waals surface area contributed by atoms with Crippen LogP contribution in [0.15, 0.2) is 35.4 Å². The number of anilines is 1. The van der Waals surface area contributed by atoms with Gasteiger partial charge in [-0.3, -0.25) is 14.2 Å². The summed E-state index contributed by atoms with van der Waals surface area (Å²) in [6.45, 7) is 3.82. The molecule has 4 rings (SSSR count). The van der Waals surface area contributed by atoms with E-state index in [1.54, 1.807) is 10.9 Å². The third kappa shape index (κ3) is 2.94. The molecule has 1 N–H and O–H groups in total. The van der Waals surface area contributed by atoms with Crippen LogP contribution in [-0.2, 0) is 0 Å². The molecular weight excluding hydrogens is 346 g/mol. The summed E-state index contributed by atoms with van der Waals surface area (Å²) in [7, 11) is 0. The van der Waals surface area contributed by atoms with Crippen molar-refractivity contribution in [3.63, 3.8) is 0 Å². The number of carbonyl (C=O) groups excluding carboxylic acids is 1. The normalized spacial score (nSPS) is 14.8. The smallest absolute Gasteiger partial charge is 0.266 e. The summed E-state index contributed by atoms with van der Waals surface area (Å²) >= 11 is 1.28. The molecule has 0 saturated heterocycles. The molecule has 1 aromatic carbocycles. The molecule has 0 spiro atoms. The molecule has 26 heavy (non-hydrogen) atoms. The molecule has 1 amide bonds. The lowest BCUT2D eigenvalue weighted by Crippen LogP contribution is -2.23. The van der Waals surface area contributed by atoms with E-state index in [0.717, 1.165) is 42.5 Å². The molecule has 1 saturated carbocycles. The number of carbonyl (C=O) groups is 1. The van der Waals surface area contributed by atoms with Crippen molar-refractivity contribution in [3.8, 4) is 0 Å². The number of benzene rings is 1. The van der Waals surface area contributed by atoms with E-state index in [4.69, 9.17) is 0 Å². The second kappa shape index (κ2) is 6.68. The highest BCUT2D eigenvalue weighted by Crippen LogP contribution is 2.31. The first-order valence-electron chi connectivity index (χ1n) is 8.93. The maximum atomic E-state index is 13.0. The van der Waals surface area contributed by atoms with Gasteiger partial charge in [0.2, 0.25) is 0 Å². The van der Waals surface area contributed by atoms with Gasteiger partial charge in [0.05, 0.1) is 16.6 Å². The molecule has 1 aliphatic carbocycles. The van der Waals surface area contributed by atoms with Gasteiger partial charge in [0.1, 0.15) is 4.83 Å². The van der Waals surface area contributed by atoms with Gasteiger partial charge in [-0.1, -0.05) is 25.0 Å². The Balaban J connectivity index is 1.72. The fourth-order valence-corrected chi connectivity index (χ4v) is 4.74. The van der Waals surface area contributed by atoms with E-state index in [9.17, 15) is 9.59 Å². The quantitative estimate of drug-likeness (QED) is 0.744. The lowest BCUT2D eigenvalue weighted by atomic mass is 10.2. The molecule has 0 atom stereocenters. The van der Waals surface area contributed by atoms with Crippen LogP contribution < -0.4 is 10.9 Å². The van der Waals surface area contributed by atoms with Gasteiger partial charge in [-0.2, -0.15) is 0 Å². The summed E-state index contributed by atoms with van der Waals surface area (Å²) < 4.78 is 1.76. The average molecular weight is 367 g/mol. The van der Waals surface area contributed by atoms with Gasteiger partial charge in [0.15, 0.2) is 0 Å². The topological polar surface area (TPSA) is 64.0 Å². The monoisotopic (exact) mass is 367 g/mol. The molecule has 1 aliphatic rings. The molecule has 2 heterocycles. The maximum Gasteiger partial charge on any atom is 0.266 e. The number of nitrogens with zero attached hydrogens (tertiary/aromatic N) is 2. The van der Waals surface area contributed by atoms with Gasteiger partial charge in [-0.05, 0) is 49.9 Å². The Morgan fingerprint density at radius 2 is 2.04 bits per heavy atom. The van der Waals surface area contributed by atoms with Gasteiger partial charge in [-0.25, -0.2) is 4.98 Å². The van der Waals surface area contributed by atoms with E-state index < -0.39 is 0 Å². The van der Waals surface area contributed by atoms with Crippen LogP contribution in [0.3, 0.4) is 0 Å². The van der Waals surface area contributed by atoms with Crippen LogP contribution in [0.4, 0.5) is 5.69 Å². The zero-order valence-corrected chi connectivity index (χ0v) is 15.7. The number of amides is 1. The summed E-state index contributed by atoms with van der Waals surface area (Å²) in [6.07, 6.45) is 6.01. The third-order valence-electron chi connectivity index (χ3n) is 5.08. The average Bonchev–Trinajstić information content (AvgIpc) is 3.24. The molecular formula is C20H21N3O2S. The summed E-state index contributed by atoms with van der Waals surface area (Å²) in [5.74, 6) is -0.192. The first-order valence-corrected chi connectivity index (χ1v) is 9.74. The number of nitrogens with one attached hydrogen (secondary N) is 1. The van der Waals surface area contributed by atoms with Crippen molar-refractivity contribution in [1.82, 2.24) is 9.55 Å². The Hall–Kier alpha value is -2.47. The minimum atomic E-state index is -0.192. The molecule has 1 fully saturated rings. The van der Waals surface area contributed by atoms with Crippen LogP contribution in [0.25, 0.3) is 10.2 Å². The second-order valence-corrected chi connectivity index (χ2v) is 7.95. The standard InChI is InChI=1S/C20H21N3O2S/c1-12-6-5-7-14(10-12)22-18(24)17-13(2)16-19(26-17)21-11-23(20(16)25)15-8-3-4-9-15/h5-7,10-11,15H,3-4,8-9H2,1-2H3,(H,22,24). The van der Waals surface area contributed by atoms with Gasteiger partial charge in [-0.15, -0.1) is 11.3 Å². The summed E-state index contributed by atoms with van der Waals surface area (Å²) in [6, 6.07) is 7.91. The Bertz CT molecular complexity index is 1040. The van der Waals surface area contributed by atoms with E-state index >= 15 is 0 Å². The van der Waals surface area contributed by atoms with Crippen molar-refractivity contribution in [2.45, 2.75) is 45.6 Å². The number of hydrogen-bond donors (Lipinski definition) is 1. The van der Waals surface area contributed by atoms with Crippen molar-refractivity contribution in [3.05, 3.63) is 57.0 Å². The molecule has 0 radical (unpaired) electrons. The Kier molecular flexibility index (Phi) is 4.36. The van der Waals surface area contributed by atoms with Crippen LogP contribution in [0.2, 0.25) is 0 Å². The Morgan fingerprint density at radius 1 is 1.27 bits per heavy atom. The first kappa shape index (κ1) is 17.0. The van der Waals surface area contributed by atoms with Crippen LogP contribution in [0, 0.1) is 13.8 Å². The summed E-state index contributed by atoms with van der Waals surface area (Å²) in [5.41, 5.74) is 2.53. The SMILES string of the molecule is Cc1cccc(NC(=O)c2sc3ncn(C4CCCC4)c(=O)c3c2C)c1. The highest BCUT2D eigenvalue weighted by Gasteiger charge is 2.23. The van der Waals surface area contributed by atoms with Crippen molar-refractivity contribution in [1.29, 1.82) is 0 Å². The van der Waals surface area contributed by atoms with E-state index in [2.05, 4.69) is 10.3 Å². The molecule has 0 aliphatic heterocycles. The van der Waals surface area contributed by atoms with E-state index in [1.807, 2.05) is 38.1 Å². The zero-order valence-electron chi connectivity index (χ0n) is 14.9. The zero-order chi connectivity index (χ0) is 18.3. The van der Waals surface area contributed by atoms with Crippen molar-refractivity contribution < 1.29 is 4.79 Å². The molecule has 0 unspecified atom stereocenters. The molecule has 134 valence electrons. The van der Waals surface area contributed by atoms with Crippen LogP contribution in [0.5, 0.6) is 0 Å². The summed E-state index contributed by atoms with van der Waals surface area (Å²) in [4.78, 5) is 31.4. The first-order chi connectivity index (χ1) is 12.5. The van der Waals surface area contributed by atoms with E-state index in [1.165, 1.54) is 11.3 Å². The Morgan fingerprint density at radius 3 is 2.77 bits per heavy atom.